The van der Waals surface area contributed by atoms with Gasteiger partial charge in [-0.2, -0.15) is 0 Å². The van der Waals surface area contributed by atoms with E-state index >= 15 is 0 Å². The van der Waals surface area contributed by atoms with Crippen LogP contribution in [-0.2, 0) is 17.6 Å². The summed E-state index contributed by atoms with van der Waals surface area (Å²) in [5, 5.41) is 11.4. The summed E-state index contributed by atoms with van der Waals surface area (Å²) < 4.78 is -0.0855. The zero-order valence-corrected chi connectivity index (χ0v) is 23.0. The minimum atomic E-state index is -0.883. The molecule has 0 saturated heterocycles. The summed E-state index contributed by atoms with van der Waals surface area (Å²) in [6.07, 6.45) is 10.4. The molecule has 2 rings (SSSR count). The SMILES string of the molecule is CCc1cnc(N(CCCCCC(C)C)CCc2csc(SC(C)(C)C(=O)O)n2)nc1.[Br-].[H+]. The van der Waals surface area contributed by atoms with Gasteiger partial charge in [-0.1, -0.05) is 51.8 Å². The smallest absolute Gasteiger partial charge is 1.00 e. The highest BCUT2D eigenvalue weighted by Gasteiger charge is 2.29. The number of carbonyl (C=O) groups is 1. The quantitative estimate of drug-likeness (QED) is 0.289. The van der Waals surface area contributed by atoms with Crippen LogP contribution in [0.3, 0.4) is 0 Å². The number of thiazole rings is 1. The molecule has 2 aromatic heterocycles. The van der Waals surface area contributed by atoms with Crippen molar-refractivity contribution < 1.29 is 28.3 Å². The Bertz CT molecular complexity index is 819. The molecule has 0 aliphatic rings. The maximum absolute atomic E-state index is 11.4. The van der Waals surface area contributed by atoms with Crippen molar-refractivity contribution in [2.45, 2.75) is 82.2 Å². The summed E-state index contributed by atoms with van der Waals surface area (Å²) in [7, 11) is 0. The number of hydrogen-bond acceptors (Lipinski definition) is 7. The molecular weight excluding hydrogens is 508 g/mol. The van der Waals surface area contributed by atoms with Crippen molar-refractivity contribution in [1.82, 2.24) is 15.0 Å². The van der Waals surface area contributed by atoms with Gasteiger partial charge in [0.15, 0.2) is 4.34 Å². The number of anilines is 1. The third kappa shape index (κ3) is 9.75. The summed E-state index contributed by atoms with van der Waals surface area (Å²) in [6.45, 7) is 11.8. The van der Waals surface area contributed by atoms with E-state index in [1.807, 2.05) is 17.8 Å². The topological polar surface area (TPSA) is 79.2 Å². The van der Waals surface area contributed by atoms with Crippen molar-refractivity contribution in [2.75, 3.05) is 18.0 Å². The number of rotatable bonds is 14. The Kier molecular flexibility index (Phi) is 12.8. The summed E-state index contributed by atoms with van der Waals surface area (Å²) in [5.41, 5.74) is 2.13. The van der Waals surface area contributed by atoms with Gasteiger partial charge in [-0.3, -0.25) is 4.79 Å². The van der Waals surface area contributed by atoms with Gasteiger partial charge in [-0.05, 0) is 38.2 Å². The molecule has 2 aromatic rings. The Morgan fingerprint density at radius 2 is 1.91 bits per heavy atom. The van der Waals surface area contributed by atoms with Crippen molar-refractivity contribution in [3.63, 3.8) is 0 Å². The maximum atomic E-state index is 11.4. The first-order valence-electron chi connectivity index (χ1n) is 11.1. The van der Waals surface area contributed by atoms with Gasteiger partial charge in [0.1, 0.15) is 4.75 Å². The van der Waals surface area contributed by atoms with Crippen molar-refractivity contribution in [2.24, 2.45) is 5.92 Å². The number of hydrogen-bond donors (Lipinski definition) is 1. The zero-order chi connectivity index (χ0) is 22.9. The van der Waals surface area contributed by atoms with Crippen LogP contribution in [0.25, 0.3) is 0 Å². The molecule has 0 unspecified atom stereocenters. The van der Waals surface area contributed by atoms with Crippen LogP contribution in [0.15, 0.2) is 22.1 Å². The monoisotopic (exact) mass is 544 g/mol. The lowest BCUT2D eigenvalue weighted by molar-refractivity contribution is -0.138. The lowest BCUT2D eigenvalue weighted by Gasteiger charge is -2.22. The highest BCUT2D eigenvalue weighted by Crippen LogP contribution is 2.34. The van der Waals surface area contributed by atoms with E-state index in [2.05, 4.69) is 40.6 Å². The maximum Gasteiger partial charge on any atom is 1.00 e. The van der Waals surface area contributed by atoms with Crippen LogP contribution in [0, 0.1) is 5.92 Å². The van der Waals surface area contributed by atoms with Gasteiger partial charge >= 0.3 is 7.40 Å². The molecule has 32 heavy (non-hydrogen) atoms. The fourth-order valence-electron chi connectivity index (χ4n) is 3.00. The molecular formula is C23H37BrN4O2S2. The first kappa shape index (κ1) is 28.8. The molecule has 9 heteroatoms. The van der Waals surface area contributed by atoms with Gasteiger partial charge in [-0.25, -0.2) is 15.0 Å². The largest absolute Gasteiger partial charge is 1.00 e. The third-order valence-electron chi connectivity index (χ3n) is 5.12. The fraction of sp³-hybridized carbons (Fsp3) is 0.652. The van der Waals surface area contributed by atoms with Crippen molar-refractivity contribution >= 4 is 35.0 Å². The normalized spacial score (nSPS) is 11.4. The second kappa shape index (κ2) is 14.2. The van der Waals surface area contributed by atoms with Gasteiger partial charge in [0.25, 0.3) is 0 Å². The zero-order valence-electron chi connectivity index (χ0n) is 20.8. The van der Waals surface area contributed by atoms with Crippen molar-refractivity contribution in [3.05, 3.63) is 29.0 Å². The van der Waals surface area contributed by atoms with Gasteiger partial charge < -0.3 is 27.0 Å². The van der Waals surface area contributed by atoms with Gasteiger partial charge in [-0.15, -0.1) is 11.3 Å². The number of unbranched alkanes of at least 4 members (excludes halogenated alkanes) is 2. The lowest BCUT2D eigenvalue weighted by Crippen LogP contribution is -3.00. The van der Waals surface area contributed by atoms with Gasteiger partial charge in [0.2, 0.25) is 5.95 Å². The number of nitrogens with zero attached hydrogens (tertiary/aromatic N) is 4. The summed E-state index contributed by atoms with van der Waals surface area (Å²) in [5.74, 6) is 0.701. The molecule has 0 fully saturated rings. The van der Waals surface area contributed by atoms with Crippen molar-refractivity contribution in [3.8, 4) is 0 Å². The molecule has 180 valence electrons. The molecule has 0 aliphatic heterocycles. The van der Waals surface area contributed by atoms with E-state index in [4.69, 9.17) is 0 Å². The summed E-state index contributed by atoms with van der Waals surface area (Å²) in [6, 6.07) is 0. The second-order valence-corrected chi connectivity index (χ2v) is 11.5. The number of aryl methyl sites for hydroxylation is 1. The van der Waals surface area contributed by atoms with Crippen LogP contribution in [0.4, 0.5) is 5.95 Å². The molecule has 0 aliphatic carbocycles. The Labute approximate surface area is 212 Å². The van der Waals surface area contributed by atoms with Gasteiger partial charge in [0.05, 0.1) is 5.69 Å². The Hall–Kier alpha value is -1.19. The molecule has 0 aromatic carbocycles. The average Bonchev–Trinajstić information content (AvgIpc) is 3.16. The fourth-order valence-corrected chi connectivity index (χ4v) is 5.23. The van der Waals surface area contributed by atoms with Crippen LogP contribution < -0.4 is 21.9 Å². The number of halogens is 1. The predicted molar refractivity (Wildman–Crippen MR) is 131 cm³/mol. The molecule has 0 saturated carbocycles. The molecule has 0 bridgehead atoms. The van der Waals surface area contributed by atoms with Crippen molar-refractivity contribution in [1.29, 1.82) is 0 Å². The van der Waals surface area contributed by atoms with Crippen LogP contribution in [0.5, 0.6) is 0 Å². The number of carboxylic acid groups (broad SMARTS) is 1. The predicted octanol–water partition coefficient (Wildman–Crippen LogP) is 2.83. The van der Waals surface area contributed by atoms with Crippen LogP contribution in [0.1, 0.15) is 73.0 Å². The highest BCUT2D eigenvalue weighted by molar-refractivity contribution is 8.02. The molecule has 0 radical (unpaired) electrons. The number of carboxylic acids is 1. The third-order valence-corrected chi connectivity index (χ3v) is 7.29. The Balaban J connectivity index is 0.00000512. The Morgan fingerprint density at radius 1 is 1.22 bits per heavy atom. The molecule has 0 atom stereocenters. The molecule has 2 heterocycles. The van der Waals surface area contributed by atoms with E-state index in [9.17, 15) is 9.90 Å². The van der Waals surface area contributed by atoms with Crippen LogP contribution in [-0.4, -0.2) is 43.9 Å². The number of thioether (sulfide) groups is 1. The summed E-state index contributed by atoms with van der Waals surface area (Å²) >= 11 is 2.81. The second-order valence-electron chi connectivity index (χ2n) is 8.75. The summed E-state index contributed by atoms with van der Waals surface area (Å²) in [4.78, 5) is 27.5. The van der Waals surface area contributed by atoms with E-state index in [0.29, 0.717) is 0 Å². The molecule has 0 spiro atoms. The van der Waals surface area contributed by atoms with E-state index in [0.717, 1.165) is 59.8 Å². The van der Waals surface area contributed by atoms with E-state index in [1.165, 1.54) is 42.4 Å². The lowest BCUT2D eigenvalue weighted by atomic mass is 10.1. The molecule has 6 nitrogen and oxygen atoms in total. The van der Waals surface area contributed by atoms with E-state index in [-0.39, 0.29) is 18.4 Å². The minimum Gasteiger partial charge on any atom is -1.00 e. The average molecular weight is 546 g/mol. The molecule has 1 N–H and O–H groups in total. The number of aliphatic carboxylic acids is 1. The number of aromatic nitrogens is 3. The van der Waals surface area contributed by atoms with Gasteiger partial charge in [0, 0.05) is 37.3 Å². The minimum absolute atomic E-state index is 0. The highest BCUT2D eigenvalue weighted by atomic mass is 79.9. The first-order valence-corrected chi connectivity index (χ1v) is 12.8. The first-order chi connectivity index (χ1) is 14.7. The molecule has 0 amide bonds. The Morgan fingerprint density at radius 3 is 2.50 bits per heavy atom. The van der Waals surface area contributed by atoms with Crippen LogP contribution >= 0.6 is 23.1 Å². The standard InChI is InChI=1S/C23H36N4O2S2.BrH/c1-6-18-14-24-21(25-15-18)27(12-9-7-8-10-17(2)3)13-11-19-16-30-22(26-19)31-23(4,5)20(28)29;/h14-17H,6-13H2,1-5H3,(H,28,29);1H. The van der Waals surface area contributed by atoms with Crippen LogP contribution in [0.2, 0.25) is 0 Å². The van der Waals surface area contributed by atoms with E-state index < -0.39 is 10.7 Å². The van der Waals surface area contributed by atoms with E-state index in [1.54, 1.807) is 13.8 Å².